The zero-order valence-electron chi connectivity index (χ0n) is 14.5. The van der Waals surface area contributed by atoms with Crippen molar-refractivity contribution in [1.29, 1.82) is 0 Å². The van der Waals surface area contributed by atoms with Gasteiger partial charge in [-0.25, -0.2) is 0 Å². The molecular weight excluding hydrogens is 306 g/mol. The fraction of sp³-hybridized carbons (Fsp3) is 0.579. The fourth-order valence-corrected chi connectivity index (χ4v) is 1.26. The number of nitrogens with two attached hydrogens (primary N) is 1. The molecule has 0 aromatic rings. The monoisotopic (exact) mass is 337 g/mol. The predicted octanol–water partition coefficient (Wildman–Crippen LogP) is 1.52. The van der Waals surface area contributed by atoms with Gasteiger partial charge in [0.1, 0.15) is 6.10 Å². The van der Waals surface area contributed by atoms with Crippen molar-refractivity contribution >= 4 is 0 Å². The van der Waals surface area contributed by atoms with Crippen LogP contribution in [0.4, 0.5) is 0 Å². The molecule has 24 heavy (non-hydrogen) atoms. The van der Waals surface area contributed by atoms with Crippen LogP contribution >= 0.6 is 0 Å². The Kier molecular flexibility index (Phi) is 22.0. The van der Waals surface area contributed by atoms with E-state index < -0.39 is 6.10 Å². The fourth-order valence-electron chi connectivity index (χ4n) is 1.26. The maximum absolute atomic E-state index is 9.27. The molecule has 0 spiro atoms. The van der Waals surface area contributed by atoms with E-state index in [-0.39, 0.29) is 0 Å². The van der Waals surface area contributed by atoms with E-state index in [1.54, 1.807) is 12.2 Å². The first-order valence-electron chi connectivity index (χ1n) is 7.90. The van der Waals surface area contributed by atoms with Gasteiger partial charge in [-0.05, 0) is 12.8 Å². The van der Waals surface area contributed by atoms with Crippen molar-refractivity contribution in [2.24, 2.45) is 5.73 Å². The quantitative estimate of drug-likeness (QED) is 0.259. The molecule has 0 amide bonds. The van der Waals surface area contributed by atoms with Crippen LogP contribution in [-0.2, 0) is 14.2 Å². The van der Waals surface area contributed by atoms with Crippen LogP contribution in [0.1, 0.15) is 19.3 Å². The van der Waals surface area contributed by atoms with Crippen LogP contribution in [0.25, 0.3) is 0 Å². The summed E-state index contributed by atoms with van der Waals surface area (Å²) < 4.78 is 15.0. The summed E-state index contributed by atoms with van der Waals surface area (Å²) in [5.74, 6) is 4.73. The Bertz CT molecular complexity index is 367. The molecule has 0 radical (unpaired) electrons. The molecule has 0 bridgehead atoms. The van der Waals surface area contributed by atoms with Gasteiger partial charge in [0, 0.05) is 6.42 Å². The molecular formula is C19H31NO4. The molecule has 5 heteroatoms. The molecule has 2 atom stereocenters. The maximum Gasteiger partial charge on any atom is 0.104 e. The number of unbranched alkanes of at least 4 members (excludes halogenated alkanes) is 1. The van der Waals surface area contributed by atoms with Crippen molar-refractivity contribution in [3.05, 3.63) is 25.3 Å². The summed E-state index contributed by atoms with van der Waals surface area (Å²) >= 11 is 0. The molecule has 136 valence electrons. The number of hydrogen-bond donors (Lipinski definition) is 2. The third-order valence-corrected chi connectivity index (χ3v) is 2.46. The number of hydrogen-bond acceptors (Lipinski definition) is 5. The summed E-state index contributed by atoms with van der Waals surface area (Å²) in [6, 6.07) is 0. The highest BCUT2D eigenvalue weighted by Gasteiger charge is 2.21. The van der Waals surface area contributed by atoms with Crippen molar-refractivity contribution in [1.82, 2.24) is 0 Å². The molecule has 0 aromatic carbocycles. The first kappa shape index (κ1) is 24.6. The minimum atomic E-state index is -0.390. The summed E-state index contributed by atoms with van der Waals surface area (Å²) in [7, 11) is 0. The van der Waals surface area contributed by atoms with Crippen LogP contribution < -0.4 is 5.73 Å². The Morgan fingerprint density at radius 1 is 1.25 bits per heavy atom. The number of epoxide rings is 1. The topological polar surface area (TPSA) is 77.2 Å². The predicted molar refractivity (Wildman–Crippen MR) is 98.4 cm³/mol. The molecule has 2 unspecified atom stereocenters. The van der Waals surface area contributed by atoms with Crippen LogP contribution in [0.5, 0.6) is 0 Å². The molecule has 1 aliphatic heterocycles. The van der Waals surface area contributed by atoms with Crippen molar-refractivity contribution < 1.29 is 19.3 Å². The highest BCUT2D eigenvalue weighted by molar-refractivity contribution is 4.84. The standard InChI is InChI=1S/C10H16O2.C6H10O2.C3H5N/c1-3-5-6-7-10(11)9-12-8-4-2;1-2-3-7-4-6-5-8-6;1-2-3-4/h1,4,10-11H,2,5-9H2;2,6H,1,3-5H2;1H,3-4H2. The molecule has 0 aromatic heterocycles. The lowest BCUT2D eigenvalue weighted by atomic mass is 10.2. The zero-order valence-corrected chi connectivity index (χ0v) is 14.5. The number of aliphatic hydroxyl groups excluding tert-OH is 1. The highest BCUT2D eigenvalue weighted by atomic mass is 16.6. The lowest BCUT2D eigenvalue weighted by Crippen LogP contribution is -2.14. The number of terminal acetylenes is 2. The lowest BCUT2D eigenvalue weighted by molar-refractivity contribution is 0.0438. The molecule has 0 aliphatic carbocycles. The second-order valence-electron chi connectivity index (χ2n) is 4.77. The highest BCUT2D eigenvalue weighted by Crippen LogP contribution is 2.07. The van der Waals surface area contributed by atoms with Gasteiger partial charge in [-0.3, -0.25) is 0 Å². The minimum Gasteiger partial charge on any atom is -0.391 e. The van der Waals surface area contributed by atoms with Gasteiger partial charge in [0.15, 0.2) is 0 Å². The first-order valence-corrected chi connectivity index (χ1v) is 7.90. The van der Waals surface area contributed by atoms with Gasteiger partial charge in [0.25, 0.3) is 0 Å². The van der Waals surface area contributed by atoms with E-state index in [9.17, 15) is 5.11 Å². The average molecular weight is 337 g/mol. The van der Waals surface area contributed by atoms with Gasteiger partial charge in [0.05, 0.1) is 45.7 Å². The van der Waals surface area contributed by atoms with E-state index in [0.717, 1.165) is 26.1 Å². The average Bonchev–Trinajstić information content (AvgIpc) is 3.41. The molecule has 1 rings (SSSR count). The molecule has 1 heterocycles. The van der Waals surface area contributed by atoms with E-state index in [2.05, 4.69) is 31.4 Å². The van der Waals surface area contributed by atoms with Crippen LogP contribution in [0.15, 0.2) is 25.3 Å². The van der Waals surface area contributed by atoms with Crippen molar-refractivity contribution in [3.63, 3.8) is 0 Å². The normalized spacial score (nSPS) is 15.2. The van der Waals surface area contributed by atoms with Crippen LogP contribution in [0, 0.1) is 24.7 Å². The van der Waals surface area contributed by atoms with E-state index in [1.807, 2.05) is 0 Å². The largest absolute Gasteiger partial charge is 0.391 e. The molecule has 1 saturated heterocycles. The molecule has 0 saturated carbocycles. The Balaban J connectivity index is 0. The van der Waals surface area contributed by atoms with Gasteiger partial charge in [-0.15, -0.1) is 31.9 Å². The van der Waals surface area contributed by atoms with Gasteiger partial charge >= 0.3 is 0 Å². The van der Waals surface area contributed by atoms with E-state index in [4.69, 9.17) is 26.4 Å². The number of rotatable bonds is 11. The van der Waals surface area contributed by atoms with Crippen LogP contribution in [0.3, 0.4) is 0 Å². The van der Waals surface area contributed by atoms with Crippen LogP contribution in [-0.4, -0.2) is 56.9 Å². The van der Waals surface area contributed by atoms with E-state index >= 15 is 0 Å². The molecule has 1 fully saturated rings. The smallest absolute Gasteiger partial charge is 0.104 e. The summed E-state index contributed by atoms with van der Waals surface area (Å²) in [5, 5.41) is 9.27. The summed E-state index contributed by atoms with van der Waals surface area (Å²) in [6.45, 7) is 10.5. The van der Waals surface area contributed by atoms with Crippen LogP contribution in [0.2, 0.25) is 0 Å². The first-order chi connectivity index (χ1) is 11.7. The van der Waals surface area contributed by atoms with E-state index in [0.29, 0.717) is 38.9 Å². The van der Waals surface area contributed by atoms with Gasteiger partial charge < -0.3 is 25.1 Å². The summed E-state index contributed by atoms with van der Waals surface area (Å²) in [4.78, 5) is 0. The Morgan fingerprint density at radius 3 is 2.29 bits per heavy atom. The van der Waals surface area contributed by atoms with Gasteiger partial charge in [0.2, 0.25) is 0 Å². The molecule has 1 aliphatic rings. The van der Waals surface area contributed by atoms with E-state index in [1.165, 1.54) is 0 Å². The zero-order chi connectivity index (χ0) is 18.5. The third-order valence-electron chi connectivity index (χ3n) is 2.46. The van der Waals surface area contributed by atoms with Crippen molar-refractivity contribution in [3.8, 4) is 24.7 Å². The van der Waals surface area contributed by atoms with Crippen molar-refractivity contribution in [2.75, 3.05) is 39.6 Å². The maximum atomic E-state index is 9.27. The summed E-state index contributed by atoms with van der Waals surface area (Å²) in [5.41, 5.74) is 4.79. The number of aliphatic hydroxyl groups is 1. The van der Waals surface area contributed by atoms with Crippen molar-refractivity contribution in [2.45, 2.75) is 31.5 Å². The van der Waals surface area contributed by atoms with Gasteiger partial charge in [-0.1, -0.05) is 18.1 Å². The second kappa shape index (κ2) is 21.4. The second-order valence-corrected chi connectivity index (χ2v) is 4.77. The minimum absolute atomic E-state index is 0.347. The molecule has 5 nitrogen and oxygen atoms in total. The Hall–Kier alpha value is -1.60. The molecule has 3 N–H and O–H groups in total. The van der Waals surface area contributed by atoms with Gasteiger partial charge in [-0.2, -0.15) is 0 Å². The third kappa shape index (κ3) is 25.4. The lowest BCUT2D eigenvalue weighted by Gasteiger charge is -2.08. The summed E-state index contributed by atoms with van der Waals surface area (Å²) in [6.07, 6.45) is 15.4. The Labute approximate surface area is 146 Å². The number of ether oxygens (including phenoxy) is 3. The SMILES string of the molecule is C#CCCCC(O)COCC=C.C#CCN.C=CCOCC1CO1. The Morgan fingerprint density at radius 2 is 1.83 bits per heavy atom.